The molecule has 1 aromatic heterocycles. The zero-order chi connectivity index (χ0) is 13.0. The number of hydrogen-bond donors (Lipinski definition) is 1. The molecule has 1 aliphatic carbocycles. The third-order valence-electron chi connectivity index (χ3n) is 3.17. The number of halogens is 1. The second kappa shape index (κ2) is 7.22. The first kappa shape index (κ1) is 14.8. The quantitative estimate of drug-likeness (QED) is 0.596. The van der Waals surface area contributed by atoms with Crippen LogP contribution in [0.3, 0.4) is 0 Å². The Labute approximate surface area is 128 Å². The molecule has 1 aliphatic rings. The van der Waals surface area contributed by atoms with Crippen LogP contribution in [0.25, 0.3) is 0 Å². The van der Waals surface area contributed by atoms with E-state index in [-0.39, 0.29) is 0 Å². The van der Waals surface area contributed by atoms with Crippen LogP contribution in [0.2, 0.25) is 0 Å². The molecule has 0 aromatic carbocycles. The first-order valence-electron chi connectivity index (χ1n) is 6.76. The molecule has 18 heavy (non-hydrogen) atoms. The Morgan fingerprint density at radius 1 is 1.56 bits per heavy atom. The molecule has 2 rings (SSSR count). The lowest BCUT2D eigenvalue weighted by atomic mass is 9.94. The SMILES string of the molecule is CC(C)COCCNC1CCCc2sc(I)cc21. The molecular formula is C14H22INOS. The maximum absolute atomic E-state index is 5.62. The summed E-state index contributed by atoms with van der Waals surface area (Å²) < 4.78 is 7.04. The molecule has 1 aromatic rings. The van der Waals surface area contributed by atoms with E-state index in [0.717, 1.165) is 19.8 Å². The van der Waals surface area contributed by atoms with E-state index >= 15 is 0 Å². The van der Waals surface area contributed by atoms with Crippen molar-refractivity contribution in [1.82, 2.24) is 5.32 Å². The van der Waals surface area contributed by atoms with Crippen LogP contribution in [0.1, 0.15) is 43.2 Å². The van der Waals surface area contributed by atoms with E-state index in [4.69, 9.17) is 4.74 Å². The second-order valence-corrected chi connectivity index (χ2v) is 8.33. The standard InChI is InChI=1S/C14H22INOS/c1-10(2)9-17-7-6-16-12-4-3-5-13-11(12)8-14(15)18-13/h8,10,12,16H,3-7,9H2,1-2H3. The highest BCUT2D eigenvalue weighted by atomic mass is 127. The maximum Gasteiger partial charge on any atom is 0.0659 e. The van der Waals surface area contributed by atoms with Gasteiger partial charge in [-0.2, -0.15) is 0 Å². The summed E-state index contributed by atoms with van der Waals surface area (Å²) in [5.74, 6) is 0.629. The largest absolute Gasteiger partial charge is 0.380 e. The third kappa shape index (κ3) is 4.18. The van der Waals surface area contributed by atoms with Crippen LogP contribution in [0, 0.1) is 8.80 Å². The van der Waals surface area contributed by atoms with Crippen molar-refractivity contribution in [2.45, 2.75) is 39.2 Å². The smallest absolute Gasteiger partial charge is 0.0659 e. The number of hydrogen-bond acceptors (Lipinski definition) is 3. The molecule has 102 valence electrons. The number of rotatable bonds is 6. The van der Waals surface area contributed by atoms with Gasteiger partial charge in [-0.1, -0.05) is 13.8 Å². The highest BCUT2D eigenvalue weighted by Crippen LogP contribution is 2.36. The number of ether oxygens (including phenoxy) is 1. The van der Waals surface area contributed by atoms with E-state index in [1.165, 1.54) is 22.1 Å². The average molecular weight is 379 g/mol. The molecule has 0 saturated heterocycles. The number of nitrogens with one attached hydrogen (secondary N) is 1. The van der Waals surface area contributed by atoms with Gasteiger partial charge in [0.1, 0.15) is 0 Å². The normalized spacial score (nSPS) is 19.2. The van der Waals surface area contributed by atoms with E-state index in [2.05, 4.69) is 47.8 Å². The predicted molar refractivity (Wildman–Crippen MR) is 86.4 cm³/mol. The second-order valence-electron chi connectivity index (χ2n) is 5.30. The summed E-state index contributed by atoms with van der Waals surface area (Å²) in [5, 5.41) is 3.64. The number of fused-ring (bicyclic) bond motifs is 1. The molecular weight excluding hydrogens is 357 g/mol. The summed E-state index contributed by atoms with van der Waals surface area (Å²) in [6.45, 7) is 7.03. The average Bonchev–Trinajstić information content (AvgIpc) is 2.69. The van der Waals surface area contributed by atoms with Gasteiger partial charge in [-0.05, 0) is 59.4 Å². The fourth-order valence-corrected chi connectivity index (χ4v) is 4.48. The van der Waals surface area contributed by atoms with Crippen LogP contribution >= 0.6 is 33.9 Å². The van der Waals surface area contributed by atoms with E-state index in [1.54, 1.807) is 10.4 Å². The number of aryl methyl sites for hydroxylation is 1. The molecule has 2 nitrogen and oxygen atoms in total. The van der Waals surface area contributed by atoms with Gasteiger partial charge in [-0.3, -0.25) is 0 Å². The minimum Gasteiger partial charge on any atom is -0.380 e. The Kier molecular flexibility index (Phi) is 5.92. The summed E-state index contributed by atoms with van der Waals surface area (Å²) in [4.78, 5) is 1.59. The zero-order valence-corrected chi connectivity index (χ0v) is 14.1. The van der Waals surface area contributed by atoms with Crippen molar-refractivity contribution in [2.75, 3.05) is 19.8 Å². The Morgan fingerprint density at radius 2 is 2.39 bits per heavy atom. The van der Waals surface area contributed by atoms with Crippen LogP contribution in [-0.2, 0) is 11.2 Å². The first-order chi connectivity index (χ1) is 8.66. The van der Waals surface area contributed by atoms with Gasteiger partial charge in [-0.25, -0.2) is 0 Å². The van der Waals surface area contributed by atoms with Crippen molar-refractivity contribution in [1.29, 1.82) is 0 Å². The molecule has 1 N–H and O–H groups in total. The summed E-state index contributed by atoms with van der Waals surface area (Å²) >= 11 is 4.39. The lowest BCUT2D eigenvalue weighted by Gasteiger charge is -2.23. The summed E-state index contributed by atoms with van der Waals surface area (Å²) in [5.41, 5.74) is 1.54. The highest BCUT2D eigenvalue weighted by Gasteiger charge is 2.21. The Balaban J connectivity index is 1.77. The van der Waals surface area contributed by atoms with Crippen LogP contribution in [0.4, 0.5) is 0 Å². The van der Waals surface area contributed by atoms with Crippen LogP contribution in [0.15, 0.2) is 6.07 Å². The third-order valence-corrected chi connectivity index (χ3v) is 5.14. The molecule has 4 heteroatoms. The molecule has 1 heterocycles. The summed E-state index contributed by atoms with van der Waals surface area (Å²) in [6.07, 6.45) is 3.85. The van der Waals surface area contributed by atoms with Crippen molar-refractivity contribution < 1.29 is 4.74 Å². The summed E-state index contributed by atoms with van der Waals surface area (Å²) in [7, 11) is 0. The minimum absolute atomic E-state index is 0.552. The first-order valence-corrected chi connectivity index (χ1v) is 8.65. The van der Waals surface area contributed by atoms with E-state index in [0.29, 0.717) is 12.0 Å². The van der Waals surface area contributed by atoms with Gasteiger partial charge in [0.15, 0.2) is 0 Å². The fraction of sp³-hybridized carbons (Fsp3) is 0.714. The van der Waals surface area contributed by atoms with Gasteiger partial charge in [0, 0.05) is 24.1 Å². The van der Waals surface area contributed by atoms with E-state index in [9.17, 15) is 0 Å². The fourth-order valence-electron chi connectivity index (χ4n) is 2.36. The van der Waals surface area contributed by atoms with Gasteiger partial charge in [0.05, 0.1) is 9.49 Å². The lowest BCUT2D eigenvalue weighted by molar-refractivity contribution is 0.109. The molecule has 0 aliphatic heterocycles. The maximum atomic E-state index is 5.62. The molecule has 0 saturated carbocycles. The topological polar surface area (TPSA) is 21.3 Å². The van der Waals surface area contributed by atoms with E-state index in [1.807, 2.05) is 11.3 Å². The minimum atomic E-state index is 0.552. The van der Waals surface area contributed by atoms with Crippen molar-refractivity contribution in [3.05, 3.63) is 19.4 Å². The van der Waals surface area contributed by atoms with Gasteiger partial charge in [-0.15, -0.1) is 11.3 Å². The molecule has 0 bridgehead atoms. The number of thiophene rings is 1. The van der Waals surface area contributed by atoms with E-state index < -0.39 is 0 Å². The van der Waals surface area contributed by atoms with Gasteiger partial charge >= 0.3 is 0 Å². The molecule has 0 radical (unpaired) electrons. The van der Waals surface area contributed by atoms with Crippen molar-refractivity contribution in [3.8, 4) is 0 Å². The Bertz CT molecular complexity index is 378. The molecule has 0 amide bonds. The van der Waals surface area contributed by atoms with Gasteiger partial charge < -0.3 is 10.1 Å². The Hall–Kier alpha value is 0.350. The molecule has 0 fully saturated rings. The highest BCUT2D eigenvalue weighted by molar-refractivity contribution is 14.1. The monoisotopic (exact) mass is 379 g/mol. The Morgan fingerprint density at radius 3 is 3.17 bits per heavy atom. The zero-order valence-electron chi connectivity index (χ0n) is 11.2. The molecule has 1 atom stereocenters. The molecule has 1 unspecified atom stereocenters. The van der Waals surface area contributed by atoms with Gasteiger partial charge in [0.2, 0.25) is 0 Å². The van der Waals surface area contributed by atoms with Gasteiger partial charge in [0.25, 0.3) is 0 Å². The van der Waals surface area contributed by atoms with Crippen molar-refractivity contribution in [3.63, 3.8) is 0 Å². The van der Waals surface area contributed by atoms with Crippen LogP contribution in [-0.4, -0.2) is 19.8 Å². The van der Waals surface area contributed by atoms with Crippen molar-refractivity contribution >= 4 is 33.9 Å². The lowest BCUT2D eigenvalue weighted by Crippen LogP contribution is -2.27. The van der Waals surface area contributed by atoms with Crippen LogP contribution < -0.4 is 5.32 Å². The molecule has 0 spiro atoms. The summed E-state index contributed by atoms with van der Waals surface area (Å²) in [6, 6.07) is 2.91. The van der Waals surface area contributed by atoms with Crippen LogP contribution in [0.5, 0.6) is 0 Å². The van der Waals surface area contributed by atoms with Crippen molar-refractivity contribution in [2.24, 2.45) is 5.92 Å². The predicted octanol–water partition coefficient (Wildman–Crippen LogP) is 3.99.